The van der Waals surface area contributed by atoms with Crippen molar-refractivity contribution >= 4 is 17.6 Å². The van der Waals surface area contributed by atoms with Gasteiger partial charge in [-0.05, 0) is 19.3 Å². The first-order chi connectivity index (χ1) is 10.5. The van der Waals surface area contributed by atoms with Gasteiger partial charge in [-0.25, -0.2) is 0 Å². The molecular weight excluding hydrogens is 284 g/mol. The summed E-state index contributed by atoms with van der Waals surface area (Å²) in [5.41, 5.74) is 0. The molecule has 0 rings (SSSR count). The molecule has 0 bridgehead atoms. The normalized spacial score (nSPS) is 10.5. The number of hydrogen-bond acceptors (Lipinski definition) is 4. The van der Waals surface area contributed by atoms with E-state index < -0.39 is 0 Å². The summed E-state index contributed by atoms with van der Waals surface area (Å²) in [6.45, 7) is 5.49. The molecule has 0 saturated heterocycles. The minimum absolute atomic E-state index is 0.0357. The van der Waals surface area contributed by atoms with Crippen molar-refractivity contribution in [2.75, 3.05) is 26.8 Å². The molecule has 0 atom stereocenters. The number of methoxy groups -OCH3 is 1. The third kappa shape index (κ3) is 12.3. The molecule has 0 aromatic heterocycles. The first kappa shape index (κ1) is 20.6. The number of carbonyl (C=O) groups is 3. The summed E-state index contributed by atoms with van der Waals surface area (Å²) in [6, 6.07) is 0. The minimum atomic E-state index is -0.0656. The van der Waals surface area contributed by atoms with Gasteiger partial charge in [0.05, 0.1) is 0 Å². The van der Waals surface area contributed by atoms with Crippen molar-refractivity contribution in [2.24, 2.45) is 5.92 Å². The second-order valence-corrected chi connectivity index (χ2v) is 5.62. The van der Waals surface area contributed by atoms with Crippen LogP contribution < -0.4 is 10.6 Å². The molecule has 0 radical (unpaired) electrons. The van der Waals surface area contributed by atoms with E-state index in [0.29, 0.717) is 51.8 Å². The maximum absolute atomic E-state index is 11.6. The zero-order valence-corrected chi connectivity index (χ0v) is 14.1. The van der Waals surface area contributed by atoms with Gasteiger partial charge >= 0.3 is 0 Å². The van der Waals surface area contributed by atoms with Crippen LogP contribution >= 0.6 is 0 Å². The molecule has 0 saturated carbocycles. The molecule has 128 valence electrons. The van der Waals surface area contributed by atoms with E-state index in [1.54, 1.807) is 7.11 Å². The molecule has 0 spiro atoms. The van der Waals surface area contributed by atoms with Crippen molar-refractivity contribution in [2.45, 2.75) is 52.4 Å². The number of rotatable bonds is 13. The van der Waals surface area contributed by atoms with E-state index in [1.165, 1.54) is 0 Å². The van der Waals surface area contributed by atoms with Crippen LogP contribution in [0.25, 0.3) is 0 Å². The van der Waals surface area contributed by atoms with Crippen molar-refractivity contribution in [1.29, 1.82) is 0 Å². The molecule has 0 unspecified atom stereocenters. The Labute approximate surface area is 133 Å². The highest BCUT2D eigenvalue weighted by Crippen LogP contribution is 2.01. The monoisotopic (exact) mass is 314 g/mol. The third-order valence-corrected chi connectivity index (χ3v) is 3.22. The molecule has 0 aromatic rings. The fraction of sp³-hybridized carbons (Fsp3) is 0.812. The Bertz CT molecular complexity index is 343. The largest absolute Gasteiger partial charge is 0.385 e. The predicted octanol–water partition coefficient (Wildman–Crippen LogP) is 1.43. The molecule has 0 aliphatic heterocycles. The van der Waals surface area contributed by atoms with Crippen LogP contribution in [-0.2, 0) is 19.1 Å². The lowest BCUT2D eigenvalue weighted by Gasteiger charge is -2.07. The Morgan fingerprint density at radius 1 is 0.864 bits per heavy atom. The van der Waals surface area contributed by atoms with Crippen LogP contribution in [0.5, 0.6) is 0 Å². The van der Waals surface area contributed by atoms with Crippen LogP contribution in [0.15, 0.2) is 0 Å². The maximum atomic E-state index is 11.6. The molecule has 0 fully saturated rings. The Morgan fingerprint density at radius 3 is 1.91 bits per heavy atom. The number of carbonyl (C=O) groups excluding carboxylic acids is 3. The molecule has 2 N–H and O–H groups in total. The molecule has 0 aliphatic rings. The molecule has 6 heteroatoms. The summed E-state index contributed by atoms with van der Waals surface area (Å²) in [6.07, 6.45) is 3.19. The molecule has 2 amide bonds. The number of Topliss-reactive ketones (excluding diaryl/α,β-unsaturated/α-hetero) is 1. The van der Waals surface area contributed by atoms with Gasteiger partial charge in [0.15, 0.2) is 0 Å². The Balaban J connectivity index is 3.49. The van der Waals surface area contributed by atoms with E-state index >= 15 is 0 Å². The third-order valence-electron chi connectivity index (χ3n) is 3.22. The smallest absolute Gasteiger partial charge is 0.220 e. The van der Waals surface area contributed by atoms with Gasteiger partial charge in [-0.1, -0.05) is 13.8 Å². The number of ether oxygens (including phenoxy) is 1. The van der Waals surface area contributed by atoms with E-state index in [9.17, 15) is 14.4 Å². The van der Waals surface area contributed by atoms with Crippen LogP contribution in [0.1, 0.15) is 52.4 Å². The van der Waals surface area contributed by atoms with Crippen LogP contribution in [0.4, 0.5) is 0 Å². The molecule has 22 heavy (non-hydrogen) atoms. The summed E-state index contributed by atoms with van der Waals surface area (Å²) in [7, 11) is 1.62. The van der Waals surface area contributed by atoms with Gasteiger partial charge in [0.2, 0.25) is 11.8 Å². The molecule has 6 nitrogen and oxygen atoms in total. The average Bonchev–Trinajstić information content (AvgIpc) is 2.47. The highest BCUT2D eigenvalue weighted by atomic mass is 16.5. The van der Waals surface area contributed by atoms with Crippen molar-refractivity contribution < 1.29 is 19.1 Å². The minimum Gasteiger partial charge on any atom is -0.385 e. The fourth-order valence-corrected chi connectivity index (χ4v) is 1.81. The lowest BCUT2D eigenvalue weighted by molar-refractivity contribution is -0.124. The summed E-state index contributed by atoms with van der Waals surface area (Å²) >= 11 is 0. The van der Waals surface area contributed by atoms with Crippen molar-refractivity contribution in [3.63, 3.8) is 0 Å². The highest BCUT2D eigenvalue weighted by Gasteiger charge is 2.07. The highest BCUT2D eigenvalue weighted by molar-refractivity contribution is 5.80. The Hall–Kier alpha value is -1.43. The van der Waals surface area contributed by atoms with Gasteiger partial charge in [-0.2, -0.15) is 0 Å². The lowest BCUT2D eigenvalue weighted by Crippen LogP contribution is -2.27. The van der Waals surface area contributed by atoms with E-state index in [2.05, 4.69) is 10.6 Å². The molecule has 0 aromatic carbocycles. The SMILES string of the molecule is COCCCNC(=O)CCCC(=O)NCCCC(=O)C(C)C. The van der Waals surface area contributed by atoms with Crippen LogP contribution in [-0.4, -0.2) is 44.4 Å². The second kappa shape index (κ2) is 13.2. The summed E-state index contributed by atoms with van der Waals surface area (Å²) in [5, 5.41) is 5.55. The van der Waals surface area contributed by atoms with Gasteiger partial charge in [0.1, 0.15) is 5.78 Å². The summed E-state index contributed by atoms with van der Waals surface area (Å²) in [5.74, 6) is 0.174. The Morgan fingerprint density at radius 2 is 1.41 bits per heavy atom. The summed E-state index contributed by atoms with van der Waals surface area (Å²) < 4.78 is 4.89. The quantitative estimate of drug-likeness (QED) is 0.504. The number of nitrogens with one attached hydrogen (secondary N) is 2. The van der Waals surface area contributed by atoms with Crippen LogP contribution in [0.2, 0.25) is 0 Å². The maximum Gasteiger partial charge on any atom is 0.220 e. The molecular formula is C16H30N2O4. The number of hydrogen-bond donors (Lipinski definition) is 2. The standard InChI is InChI=1S/C16H30N2O4/c1-13(2)14(19)7-5-10-17-15(20)8-4-9-16(21)18-11-6-12-22-3/h13H,4-12H2,1-3H3,(H,17,20)(H,18,21). The van der Waals surface area contributed by atoms with E-state index in [4.69, 9.17) is 4.74 Å². The van der Waals surface area contributed by atoms with Gasteiger partial charge in [0, 0.05) is 52.0 Å². The Kier molecular flexibility index (Phi) is 12.4. The number of ketones is 1. The molecule has 0 heterocycles. The molecule has 0 aliphatic carbocycles. The topological polar surface area (TPSA) is 84.5 Å². The van der Waals surface area contributed by atoms with E-state index in [-0.39, 0.29) is 23.5 Å². The van der Waals surface area contributed by atoms with Crippen molar-refractivity contribution in [3.05, 3.63) is 0 Å². The van der Waals surface area contributed by atoms with Crippen molar-refractivity contribution in [1.82, 2.24) is 10.6 Å². The average molecular weight is 314 g/mol. The van der Waals surface area contributed by atoms with Crippen molar-refractivity contribution in [3.8, 4) is 0 Å². The predicted molar refractivity (Wildman–Crippen MR) is 85.4 cm³/mol. The van der Waals surface area contributed by atoms with Crippen LogP contribution in [0.3, 0.4) is 0 Å². The van der Waals surface area contributed by atoms with E-state index in [0.717, 1.165) is 6.42 Å². The zero-order valence-electron chi connectivity index (χ0n) is 14.1. The lowest BCUT2D eigenvalue weighted by atomic mass is 10.0. The summed E-state index contributed by atoms with van der Waals surface area (Å²) in [4.78, 5) is 34.4. The first-order valence-corrected chi connectivity index (χ1v) is 8.02. The van der Waals surface area contributed by atoms with Gasteiger partial charge in [-0.3, -0.25) is 14.4 Å². The van der Waals surface area contributed by atoms with E-state index in [1.807, 2.05) is 13.8 Å². The first-order valence-electron chi connectivity index (χ1n) is 8.02. The zero-order chi connectivity index (χ0) is 16.8. The fourth-order valence-electron chi connectivity index (χ4n) is 1.81. The van der Waals surface area contributed by atoms with Gasteiger partial charge in [-0.15, -0.1) is 0 Å². The van der Waals surface area contributed by atoms with Crippen LogP contribution in [0, 0.1) is 5.92 Å². The van der Waals surface area contributed by atoms with Gasteiger partial charge in [0.25, 0.3) is 0 Å². The second-order valence-electron chi connectivity index (χ2n) is 5.62. The van der Waals surface area contributed by atoms with Gasteiger partial charge < -0.3 is 15.4 Å². The number of amides is 2.